The SMILES string of the molecule is O=C(Nc1cc(O)cc(O)c1)Nc1cc(Cl)cc(Cl)c1. The Morgan fingerprint density at radius 2 is 1.25 bits per heavy atom. The fraction of sp³-hybridized carbons (Fsp3) is 0. The molecule has 7 heteroatoms. The van der Waals surface area contributed by atoms with Crippen molar-refractivity contribution in [3.05, 3.63) is 46.4 Å². The van der Waals surface area contributed by atoms with Gasteiger partial charge in [-0.15, -0.1) is 0 Å². The van der Waals surface area contributed by atoms with Gasteiger partial charge in [0.2, 0.25) is 0 Å². The summed E-state index contributed by atoms with van der Waals surface area (Å²) in [4.78, 5) is 11.8. The maximum absolute atomic E-state index is 11.8. The number of phenolic OH excluding ortho intramolecular Hbond substituents is 2. The third-order valence-corrected chi connectivity index (χ3v) is 2.72. The van der Waals surface area contributed by atoms with E-state index in [0.717, 1.165) is 6.07 Å². The molecule has 5 nitrogen and oxygen atoms in total. The first-order valence-corrected chi connectivity index (χ1v) is 6.25. The van der Waals surface area contributed by atoms with Gasteiger partial charge in [0, 0.05) is 39.6 Å². The minimum absolute atomic E-state index is 0.161. The van der Waals surface area contributed by atoms with E-state index in [9.17, 15) is 15.0 Å². The zero-order valence-electron chi connectivity index (χ0n) is 10.0. The van der Waals surface area contributed by atoms with Crippen LogP contribution >= 0.6 is 23.2 Å². The molecule has 0 aliphatic carbocycles. The molecule has 2 rings (SSSR count). The van der Waals surface area contributed by atoms with Crippen LogP contribution in [-0.2, 0) is 0 Å². The summed E-state index contributed by atoms with van der Waals surface area (Å²) >= 11 is 11.6. The first-order chi connectivity index (χ1) is 9.42. The van der Waals surface area contributed by atoms with Crippen molar-refractivity contribution >= 4 is 40.6 Å². The lowest BCUT2D eigenvalue weighted by Gasteiger charge is -2.09. The van der Waals surface area contributed by atoms with Gasteiger partial charge in [0.15, 0.2) is 0 Å². The Balaban J connectivity index is 2.08. The predicted molar refractivity (Wildman–Crippen MR) is 78.9 cm³/mol. The highest BCUT2D eigenvalue weighted by Gasteiger charge is 2.06. The van der Waals surface area contributed by atoms with E-state index >= 15 is 0 Å². The molecule has 0 atom stereocenters. The number of benzene rings is 2. The van der Waals surface area contributed by atoms with Crippen molar-refractivity contribution < 1.29 is 15.0 Å². The molecule has 0 saturated heterocycles. The van der Waals surface area contributed by atoms with E-state index in [-0.39, 0.29) is 17.2 Å². The van der Waals surface area contributed by atoms with Gasteiger partial charge >= 0.3 is 6.03 Å². The number of urea groups is 1. The topological polar surface area (TPSA) is 81.6 Å². The van der Waals surface area contributed by atoms with Crippen molar-refractivity contribution in [1.82, 2.24) is 0 Å². The number of anilines is 2. The second-order valence-electron chi connectivity index (χ2n) is 3.98. The van der Waals surface area contributed by atoms with Gasteiger partial charge in [0.05, 0.1) is 0 Å². The lowest BCUT2D eigenvalue weighted by Crippen LogP contribution is -2.19. The second-order valence-corrected chi connectivity index (χ2v) is 4.85. The number of hydrogen-bond acceptors (Lipinski definition) is 3. The number of hydrogen-bond donors (Lipinski definition) is 4. The summed E-state index contributed by atoms with van der Waals surface area (Å²) in [5.74, 6) is -0.322. The quantitative estimate of drug-likeness (QED) is 0.675. The number of phenols is 2. The van der Waals surface area contributed by atoms with E-state index < -0.39 is 6.03 Å². The van der Waals surface area contributed by atoms with Crippen LogP contribution in [0.15, 0.2) is 36.4 Å². The number of carbonyl (C=O) groups excluding carboxylic acids is 1. The van der Waals surface area contributed by atoms with Crippen molar-refractivity contribution in [1.29, 1.82) is 0 Å². The number of halogens is 2. The Labute approximate surface area is 124 Å². The maximum atomic E-state index is 11.8. The highest BCUT2D eigenvalue weighted by molar-refractivity contribution is 6.35. The minimum Gasteiger partial charge on any atom is -0.508 e. The number of carbonyl (C=O) groups is 1. The Kier molecular flexibility index (Phi) is 4.22. The zero-order chi connectivity index (χ0) is 14.7. The van der Waals surface area contributed by atoms with Crippen LogP contribution in [-0.4, -0.2) is 16.2 Å². The summed E-state index contributed by atoms with van der Waals surface area (Å²) in [6, 6.07) is 7.79. The molecule has 0 unspecified atom stereocenters. The molecule has 0 bridgehead atoms. The number of nitrogens with one attached hydrogen (secondary N) is 2. The molecular weight excluding hydrogens is 303 g/mol. The molecule has 0 aliphatic heterocycles. The van der Waals surface area contributed by atoms with Gasteiger partial charge in [-0.25, -0.2) is 4.79 Å². The first kappa shape index (κ1) is 14.3. The summed E-state index contributed by atoms with van der Waals surface area (Å²) in [5, 5.41) is 24.4. The lowest BCUT2D eigenvalue weighted by atomic mass is 10.3. The molecule has 0 spiro atoms. The van der Waals surface area contributed by atoms with Crippen LogP contribution in [0.5, 0.6) is 11.5 Å². The van der Waals surface area contributed by atoms with E-state index in [1.165, 1.54) is 24.3 Å². The molecule has 2 aromatic carbocycles. The van der Waals surface area contributed by atoms with Crippen molar-refractivity contribution in [3.63, 3.8) is 0 Å². The van der Waals surface area contributed by atoms with Crippen molar-refractivity contribution in [3.8, 4) is 11.5 Å². The van der Waals surface area contributed by atoms with Gasteiger partial charge in [-0.2, -0.15) is 0 Å². The molecule has 0 heterocycles. The molecule has 0 saturated carbocycles. The fourth-order valence-electron chi connectivity index (χ4n) is 1.59. The summed E-state index contributed by atoms with van der Waals surface area (Å²) in [6.45, 7) is 0. The fourth-order valence-corrected chi connectivity index (χ4v) is 2.11. The molecule has 0 fully saturated rings. The van der Waals surface area contributed by atoms with Crippen LogP contribution in [0.3, 0.4) is 0 Å². The average molecular weight is 313 g/mol. The third-order valence-electron chi connectivity index (χ3n) is 2.28. The molecule has 20 heavy (non-hydrogen) atoms. The van der Waals surface area contributed by atoms with Crippen LogP contribution in [0.2, 0.25) is 10.0 Å². The summed E-state index contributed by atoms with van der Waals surface area (Å²) in [7, 11) is 0. The van der Waals surface area contributed by atoms with Crippen LogP contribution in [0.1, 0.15) is 0 Å². The molecule has 0 aromatic heterocycles. The van der Waals surface area contributed by atoms with Gasteiger partial charge in [-0.3, -0.25) is 0 Å². The maximum Gasteiger partial charge on any atom is 0.323 e. The van der Waals surface area contributed by atoms with Crippen LogP contribution < -0.4 is 10.6 Å². The monoisotopic (exact) mass is 312 g/mol. The van der Waals surface area contributed by atoms with Gasteiger partial charge in [0.25, 0.3) is 0 Å². The summed E-state index contributed by atoms with van der Waals surface area (Å²) in [6.07, 6.45) is 0. The average Bonchev–Trinajstić information content (AvgIpc) is 2.24. The van der Waals surface area contributed by atoms with Crippen molar-refractivity contribution in [2.75, 3.05) is 10.6 Å². The summed E-state index contributed by atoms with van der Waals surface area (Å²) in [5.41, 5.74) is 0.664. The number of rotatable bonds is 2. The van der Waals surface area contributed by atoms with Gasteiger partial charge < -0.3 is 20.8 Å². The van der Waals surface area contributed by atoms with Gasteiger partial charge in [0.1, 0.15) is 11.5 Å². The summed E-state index contributed by atoms with van der Waals surface area (Å²) < 4.78 is 0. The van der Waals surface area contributed by atoms with E-state index in [1.54, 1.807) is 6.07 Å². The second kappa shape index (κ2) is 5.90. The molecule has 4 N–H and O–H groups in total. The largest absolute Gasteiger partial charge is 0.508 e. The first-order valence-electron chi connectivity index (χ1n) is 5.49. The molecule has 2 amide bonds. The lowest BCUT2D eigenvalue weighted by molar-refractivity contribution is 0.262. The molecule has 0 radical (unpaired) electrons. The van der Waals surface area contributed by atoms with Crippen molar-refractivity contribution in [2.45, 2.75) is 0 Å². The predicted octanol–water partition coefficient (Wildman–Crippen LogP) is 4.05. The highest BCUT2D eigenvalue weighted by atomic mass is 35.5. The van der Waals surface area contributed by atoms with E-state index in [2.05, 4.69) is 10.6 Å². The number of amides is 2. The van der Waals surface area contributed by atoms with E-state index in [4.69, 9.17) is 23.2 Å². The molecule has 0 aliphatic rings. The smallest absolute Gasteiger partial charge is 0.323 e. The molecule has 2 aromatic rings. The molecule has 104 valence electrons. The Bertz CT molecular complexity index is 566. The minimum atomic E-state index is -0.562. The Hall–Kier alpha value is -2.11. The van der Waals surface area contributed by atoms with Crippen LogP contribution in [0, 0.1) is 0 Å². The molecular formula is C13H10Cl2N2O3. The van der Waals surface area contributed by atoms with Crippen LogP contribution in [0.4, 0.5) is 16.2 Å². The Morgan fingerprint density at radius 1 is 0.800 bits per heavy atom. The van der Waals surface area contributed by atoms with Gasteiger partial charge in [-0.05, 0) is 18.2 Å². The van der Waals surface area contributed by atoms with Gasteiger partial charge in [-0.1, -0.05) is 23.2 Å². The zero-order valence-corrected chi connectivity index (χ0v) is 11.5. The van der Waals surface area contributed by atoms with E-state index in [0.29, 0.717) is 15.7 Å². The van der Waals surface area contributed by atoms with Crippen molar-refractivity contribution in [2.24, 2.45) is 0 Å². The number of aromatic hydroxyl groups is 2. The van der Waals surface area contributed by atoms with E-state index in [1.807, 2.05) is 0 Å². The third kappa shape index (κ3) is 3.94. The highest BCUT2D eigenvalue weighted by Crippen LogP contribution is 2.25. The normalized spacial score (nSPS) is 10.1. The Morgan fingerprint density at radius 3 is 1.75 bits per heavy atom. The van der Waals surface area contributed by atoms with Crippen LogP contribution in [0.25, 0.3) is 0 Å². The standard InChI is InChI=1S/C13H10Cl2N2O3/c14-7-1-8(15)3-9(2-7)16-13(20)17-10-4-11(18)6-12(19)5-10/h1-6,18-19H,(H2,16,17,20).